The van der Waals surface area contributed by atoms with Gasteiger partial charge in [-0.15, -0.1) is 0 Å². The Hall–Kier alpha value is -2.53. The van der Waals surface area contributed by atoms with E-state index in [4.69, 9.17) is 9.47 Å². The van der Waals surface area contributed by atoms with Gasteiger partial charge in [-0.3, -0.25) is 0 Å². The molecular formula is C18H18FNO7S. The first-order valence-electron chi connectivity index (χ1n) is 8.20. The Morgan fingerprint density at radius 1 is 1.18 bits per heavy atom. The molecule has 28 heavy (non-hydrogen) atoms. The highest BCUT2D eigenvalue weighted by molar-refractivity contribution is 7.89. The standard InChI is InChI=1S/C18H18FNO7S/c1-25-17(22)18(10-16(21)26-11-18)20-28(23,24)15-8-6-14(7-9-15)27-13-4-2-12(19)3-5-13/h2-9,16,20-21H,10-11H2,1H3/t16-,18+/m1/s1. The van der Waals surface area contributed by atoms with Gasteiger partial charge in [-0.25, -0.2) is 17.6 Å². The lowest BCUT2D eigenvalue weighted by Gasteiger charge is -2.25. The molecular weight excluding hydrogens is 393 g/mol. The van der Waals surface area contributed by atoms with Gasteiger partial charge in [-0.05, 0) is 48.5 Å². The second-order valence-corrected chi connectivity index (χ2v) is 7.86. The molecule has 8 nitrogen and oxygen atoms in total. The van der Waals surface area contributed by atoms with Crippen molar-refractivity contribution in [2.75, 3.05) is 13.7 Å². The lowest BCUT2D eigenvalue weighted by molar-refractivity contribution is -0.147. The minimum absolute atomic E-state index is 0.122. The number of aliphatic hydroxyl groups is 1. The number of esters is 1. The molecule has 2 aromatic rings. The maximum atomic E-state index is 12.9. The van der Waals surface area contributed by atoms with Crippen molar-refractivity contribution in [3.8, 4) is 11.5 Å². The van der Waals surface area contributed by atoms with Crippen LogP contribution in [0.2, 0.25) is 0 Å². The number of sulfonamides is 1. The first kappa shape index (κ1) is 20.2. The van der Waals surface area contributed by atoms with Crippen molar-refractivity contribution in [2.24, 2.45) is 0 Å². The smallest absolute Gasteiger partial charge is 0.329 e. The van der Waals surface area contributed by atoms with Crippen molar-refractivity contribution in [2.45, 2.75) is 23.1 Å². The van der Waals surface area contributed by atoms with E-state index in [1.165, 1.54) is 48.5 Å². The van der Waals surface area contributed by atoms with Crippen LogP contribution in [0.4, 0.5) is 4.39 Å². The first-order valence-corrected chi connectivity index (χ1v) is 9.68. The van der Waals surface area contributed by atoms with Crippen LogP contribution in [0.1, 0.15) is 6.42 Å². The van der Waals surface area contributed by atoms with Crippen molar-refractivity contribution in [1.82, 2.24) is 4.72 Å². The molecule has 150 valence electrons. The van der Waals surface area contributed by atoms with Gasteiger partial charge in [0.1, 0.15) is 17.3 Å². The molecule has 2 N–H and O–H groups in total. The fraction of sp³-hybridized carbons (Fsp3) is 0.278. The largest absolute Gasteiger partial charge is 0.468 e. The maximum Gasteiger partial charge on any atom is 0.329 e. The predicted octanol–water partition coefficient (Wildman–Crippen LogP) is 1.55. The van der Waals surface area contributed by atoms with E-state index in [1.807, 2.05) is 0 Å². The van der Waals surface area contributed by atoms with Gasteiger partial charge in [-0.2, -0.15) is 4.72 Å². The van der Waals surface area contributed by atoms with Crippen LogP contribution < -0.4 is 9.46 Å². The van der Waals surface area contributed by atoms with Gasteiger partial charge in [0.05, 0.1) is 18.6 Å². The maximum absolute atomic E-state index is 12.9. The lowest BCUT2D eigenvalue weighted by atomic mass is 10.0. The molecule has 0 aliphatic carbocycles. The Balaban J connectivity index is 1.78. The van der Waals surface area contributed by atoms with Crippen LogP contribution >= 0.6 is 0 Å². The molecule has 0 saturated carbocycles. The number of benzene rings is 2. The highest BCUT2D eigenvalue weighted by atomic mass is 32.2. The highest BCUT2D eigenvalue weighted by Crippen LogP contribution is 2.28. The Morgan fingerprint density at radius 3 is 2.25 bits per heavy atom. The number of halogens is 1. The molecule has 10 heteroatoms. The average Bonchev–Trinajstić information content (AvgIpc) is 3.04. The SMILES string of the molecule is COC(=O)[C@@]1(NS(=O)(=O)c2ccc(Oc3ccc(F)cc3)cc2)CO[C@@H](O)C1. The summed E-state index contributed by atoms with van der Waals surface area (Å²) in [6.07, 6.45) is -1.56. The molecule has 2 aromatic carbocycles. The van der Waals surface area contributed by atoms with Crippen LogP contribution in [0.3, 0.4) is 0 Å². The van der Waals surface area contributed by atoms with E-state index in [0.717, 1.165) is 7.11 Å². The third kappa shape index (κ3) is 4.30. The number of carbonyl (C=O) groups is 1. The topological polar surface area (TPSA) is 111 Å². The van der Waals surface area contributed by atoms with Gasteiger partial charge in [0, 0.05) is 6.42 Å². The molecule has 0 aromatic heterocycles. The monoisotopic (exact) mass is 411 g/mol. The Kier molecular flexibility index (Phi) is 5.66. The quantitative estimate of drug-likeness (QED) is 0.694. The van der Waals surface area contributed by atoms with Crippen molar-refractivity contribution in [1.29, 1.82) is 0 Å². The number of rotatable bonds is 6. The average molecular weight is 411 g/mol. The summed E-state index contributed by atoms with van der Waals surface area (Å²) < 4.78 is 55.7. The van der Waals surface area contributed by atoms with Gasteiger partial charge >= 0.3 is 5.97 Å². The zero-order valence-corrected chi connectivity index (χ0v) is 15.6. The summed E-state index contributed by atoms with van der Waals surface area (Å²) >= 11 is 0. The molecule has 2 atom stereocenters. The molecule has 0 unspecified atom stereocenters. The zero-order chi connectivity index (χ0) is 20.4. The van der Waals surface area contributed by atoms with E-state index in [-0.39, 0.29) is 17.9 Å². The number of aliphatic hydroxyl groups excluding tert-OH is 1. The molecule has 1 fully saturated rings. The predicted molar refractivity (Wildman–Crippen MR) is 94.6 cm³/mol. The summed E-state index contributed by atoms with van der Waals surface area (Å²) in [7, 11) is -3.01. The van der Waals surface area contributed by atoms with E-state index in [0.29, 0.717) is 11.5 Å². The number of carbonyl (C=O) groups excluding carboxylic acids is 1. The summed E-state index contributed by atoms with van der Waals surface area (Å²) in [5, 5.41) is 9.57. The minimum Gasteiger partial charge on any atom is -0.468 e. The van der Waals surface area contributed by atoms with E-state index >= 15 is 0 Å². The van der Waals surface area contributed by atoms with Crippen LogP contribution in [0.15, 0.2) is 53.4 Å². The molecule has 0 radical (unpaired) electrons. The van der Waals surface area contributed by atoms with Crippen molar-refractivity contribution < 1.29 is 36.9 Å². The molecule has 1 saturated heterocycles. The molecule has 0 amide bonds. The van der Waals surface area contributed by atoms with Gasteiger partial charge in [-0.1, -0.05) is 0 Å². The highest BCUT2D eigenvalue weighted by Gasteiger charge is 2.50. The fourth-order valence-corrected chi connectivity index (χ4v) is 4.10. The number of hydrogen-bond acceptors (Lipinski definition) is 7. The number of nitrogens with one attached hydrogen (secondary N) is 1. The molecule has 3 rings (SSSR count). The second-order valence-electron chi connectivity index (χ2n) is 6.18. The Morgan fingerprint density at radius 2 is 1.75 bits per heavy atom. The normalized spacial score (nSPS) is 22.0. The molecule has 0 spiro atoms. The number of methoxy groups -OCH3 is 1. The number of ether oxygens (including phenoxy) is 3. The van der Waals surface area contributed by atoms with Gasteiger partial charge < -0.3 is 19.3 Å². The third-order valence-electron chi connectivity index (χ3n) is 4.13. The van der Waals surface area contributed by atoms with Gasteiger partial charge in [0.2, 0.25) is 10.0 Å². The van der Waals surface area contributed by atoms with Crippen LogP contribution in [-0.2, 0) is 24.3 Å². The number of hydrogen-bond donors (Lipinski definition) is 2. The van der Waals surface area contributed by atoms with E-state index in [1.54, 1.807) is 0 Å². The second kappa shape index (κ2) is 7.84. The van der Waals surface area contributed by atoms with E-state index in [9.17, 15) is 22.7 Å². The summed E-state index contributed by atoms with van der Waals surface area (Å²) in [6, 6.07) is 10.8. The third-order valence-corrected chi connectivity index (χ3v) is 5.69. The zero-order valence-electron chi connectivity index (χ0n) is 14.8. The van der Waals surface area contributed by atoms with Crippen LogP contribution in [0.25, 0.3) is 0 Å². The van der Waals surface area contributed by atoms with Crippen LogP contribution in [0.5, 0.6) is 11.5 Å². The molecule has 1 aliphatic heterocycles. The van der Waals surface area contributed by atoms with Crippen molar-refractivity contribution >= 4 is 16.0 Å². The summed E-state index contributed by atoms with van der Waals surface area (Å²) in [4.78, 5) is 12.0. The Labute approximate surface area is 160 Å². The minimum atomic E-state index is -4.12. The lowest BCUT2D eigenvalue weighted by Crippen LogP contribution is -2.55. The van der Waals surface area contributed by atoms with E-state index in [2.05, 4.69) is 9.46 Å². The van der Waals surface area contributed by atoms with Crippen LogP contribution in [-0.4, -0.2) is 45.0 Å². The molecule has 1 heterocycles. The van der Waals surface area contributed by atoms with Gasteiger partial charge in [0.25, 0.3) is 0 Å². The van der Waals surface area contributed by atoms with Crippen molar-refractivity contribution in [3.05, 3.63) is 54.3 Å². The van der Waals surface area contributed by atoms with Crippen molar-refractivity contribution in [3.63, 3.8) is 0 Å². The van der Waals surface area contributed by atoms with Crippen LogP contribution in [0, 0.1) is 5.82 Å². The summed E-state index contributed by atoms with van der Waals surface area (Å²) in [6.45, 7) is -0.355. The molecule has 1 aliphatic rings. The first-order chi connectivity index (χ1) is 13.2. The van der Waals surface area contributed by atoms with E-state index < -0.39 is 33.6 Å². The fourth-order valence-electron chi connectivity index (χ4n) is 2.75. The van der Waals surface area contributed by atoms with Gasteiger partial charge in [0.15, 0.2) is 11.8 Å². The Bertz CT molecular complexity index is 947. The summed E-state index contributed by atoms with van der Waals surface area (Å²) in [5.74, 6) is -0.533. The molecule has 0 bridgehead atoms. The summed E-state index contributed by atoms with van der Waals surface area (Å²) in [5.41, 5.74) is -1.71.